The van der Waals surface area contributed by atoms with Crippen LogP contribution in [0.1, 0.15) is 36.3 Å². The summed E-state index contributed by atoms with van der Waals surface area (Å²) in [6, 6.07) is 9.35. The number of aromatic nitrogens is 2. The summed E-state index contributed by atoms with van der Waals surface area (Å²) in [6.07, 6.45) is 3.26. The molecule has 3 heterocycles. The molecule has 1 amide bonds. The van der Waals surface area contributed by atoms with Crippen molar-refractivity contribution in [3.63, 3.8) is 0 Å². The van der Waals surface area contributed by atoms with Crippen LogP contribution < -0.4 is 15.8 Å². The molecule has 2 aromatic rings. The lowest BCUT2D eigenvalue weighted by Crippen LogP contribution is -2.40. The number of nitrogens with one attached hydrogen (secondary N) is 2. The quantitative estimate of drug-likeness (QED) is 0.766. The minimum atomic E-state index is -0.984. The molecule has 0 spiro atoms. The summed E-state index contributed by atoms with van der Waals surface area (Å²) in [4.78, 5) is 34.9. The predicted molar refractivity (Wildman–Crippen MR) is 105 cm³/mol. The van der Waals surface area contributed by atoms with Crippen LogP contribution >= 0.6 is 15.9 Å². The van der Waals surface area contributed by atoms with Crippen molar-refractivity contribution in [1.82, 2.24) is 9.97 Å². The Morgan fingerprint density at radius 3 is 2.52 bits per heavy atom. The number of carbonyl (C=O) groups excluding carboxylic acids is 1. The Kier molecular flexibility index (Phi) is 4.70. The number of aromatic amines is 1. The monoisotopic (exact) mass is 427 g/mol. The van der Waals surface area contributed by atoms with Crippen molar-refractivity contribution < 1.29 is 4.79 Å². The van der Waals surface area contributed by atoms with Crippen LogP contribution in [0.4, 0.5) is 11.8 Å². The van der Waals surface area contributed by atoms with Gasteiger partial charge in [-0.15, -0.1) is 0 Å². The molecular formula is C19H18BrN5O2. The van der Waals surface area contributed by atoms with Crippen LogP contribution in [0.25, 0.3) is 0 Å². The van der Waals surface area contributed by atoms with Crippen molar-refractivity contribution in [3.8, 4) is 6.07 Å². The number of hydrogen-bond donors (Lipinski definition) is 2. The highest BCUT2D eigenvalue weighted by molar-refractivity contribution is 9.10. The summed E-state index contributed by atoms with van der Waals surface area (Å²) in [5, 5.41) is 12.2. The fourth-order valence-electron chi connectivity index (χ4n) is 3.78. The van der Waals surface area contributed by atoms with Gasteiger partial charge in [0.2, 0.25) is 11.9 Å². The van der Waals surface area contributed by atoms with Crippen LogP contribution in [0, 0.1) is 17.2 Å². The van der Waals surface area contributed by atoms with Crippen molar-refractivity contribution in [3.05, 3.63) is 50.2 Å². The molecular weight excluding hydrogens is 410 g/mol. The molecule has 0 bridgehead atoms. The molecule has 0 aliphatic carbocycles. The summed E-state index contributed by atoms with van der Waals surface area (Å²) in [6.45, 7) is 1.65. The molecule has 4 rings (SSSR count). The lowest BCUT2D eigenvalue weighted by molar-refractivity contribution is -0.119. The fourth-order valence-corrected chi connectivity index (χ4v) is 4.05. The molecule has 2 aliphatic rings. The van der Waals surface area contributed by atoms with E-state index in [9.17, 15) is 14.9 Å². The van der Waals surface area contributed by atoms with Gasteiger partial charge >= 0.3 is 0 Å². The zero-order valence-corrected chi connectivity index (χ0v) is 16.1. The van der Waals surface area contributed by atoms with E-state index < -0.39 is 17.7 Å². The molecule has 2 atom stereocenters. The average molecular weight is 428 g/mol. The van der Waals surface area contributed by atoms with E-state index >= 15 is 0 Å². The normalized spacial score (nSPS) is 21.9. The first kappa shape index (κ1) is 17.7. The number of anilines is 2. The minimum absolute atomic E-state index is 0.253. The summed E-state index contributed by atoms with van der Waals surface area (Å²) in [7, 11) is 0. The number of fused-ring (bicyclic) bond motifs is 1. The average Bonchev–Trinajstić information content (AvgIpc) is 2.68. The maximum atomic E-state index is 13.0. The van der Waals surface area contributed by atoms with Gasteiger partial charge < -0.3 is 10.2 Å². The van der Waals surface area contributed by atoms with E-state index in [2.05, 4.69) is 31.2 Å². The minimum Gasteiger partial charge on any atom is -0.342 e. The first-order valence-electron chi connectivity index (χ1n) is 8.93. The van der Waals surface area contributed by atoms with E-state index in [0.717, 1.165) is 42.4 Å². The first-order valence-corrected chi connectivity index (χ1v) is 9.73. The van der Waals surface area contributed by atoms with Gasteiger partial charge in [0.15, 0.2) is 0 Å². The molecule has 2 aliphatic heterocycles. The van der Waals surface area contributed by atoms with Gasteiger partial charge in [0.1, 0.15) is 11.7 Å². The Morgan fingerprint density at radius 1 is 1.15 bits per heavy atom. The van der Waals surface area contributed by atoms with Gasteiger partial charge in [0.05, 0.1) is 11.6 Å². The van der Waals surface area contributed by atoms with Gasteiger partial charge in [-0.3, -0.25) is 14.6 Å². The number of carbonyl (C=O) groups is 1. The van der Waals surface area contributed by atoms with Gasteiger partial charge in [0, 0.05) is 23.5 Å². The van der Waals surface area contributed by atoms with Crippen LogP contribution in [0.2, 0.25) is 0 Å². The second-order valence-electron chi connectivity index (χ2n) is 6.82. The van der Waals surface area contributed by atoms with E-state index in [1.807, 2.05) is 35.2 Å². The number of nitrogens with zero attached hydrogens (tertiary/aromatic N) is 3. The Hall–Kier alpha value is -2.66. The van der Waals surface area contributed by atoms with E-state index in [1.165, 1.54) is 0 Å². The Labute approximate surface area is 164 Å². The van der Waals surface area contributed by atoms with E-state index in [1.54, 1.807) is 0 Å². The van der Waals surface area contributed by atoms with Crippen LogP contribution in [0.3, 0.4) is 0 Å². The molecule has 8 heteroatoms. The van der Waals surface area contributed by atoms with Crippen molar-refractivity contribution in [2.24, 2.45) is 5.92 Å². The number of H-pyrrole nitrogens is 1. The maximum Gasteiger partial charge on any atom is 0.258 e. The smallest absolute Gasteiger partial charge is 0.258 e. The van der Waals surface area contributed by atoms with E-state index in [0.29, 0.717) is 11.5 Å². The van der Waals surface area contributed by atoms with Crippen molar-refractivity contribution in [2.75, 3.05) is 23.3 Å². The molecule has 1 aromatic carbocycles. The summed E-state index contributed by atoms with van der Waals surface area (Å²) in [5.41, 5.74) is 0.761. The Morgan fingerprint density at radius 2 is 1.85 bits per heavy atom. The fraction of sp³-hybridized carbons (Fsp3) is 0.368. The molecule has 27 heavy (non-hydrogen) atoms. The van der Waals surface area contributed by atoms with Gasteiger partial charge in [-0.25, -0.2) is 0 Å². The van der Waals surface area contributed by atoms with Gasteiger partial charge in [0.25, 0.3) is 5.56 Å². The lowest BCUT2D eigenvalue weighted by Gasteiger charge is -2.31. The zero-order valence-electron chi connectivity index (χ0n) is 14.5. The number of benzene rings is 1. The summed E-state index contributed by atoms with van der Waals surface area (Å²) in [5.74, 6) is -1.34. The molecule has 0 radical (unpaired) electrons. The molecule has 0 saturated carbocycles. The molecule has 2 unspecified atom stereocenters. The van der Waals surface area contributed by atoms with Crippen LogP contribution in [0.5, 0.6) is 0 Å². The summed E-state index contributed by atoms with van der Waals surface area (Å²) < 4.78 is 0.882. The van der Waals surface area contributed by atoms with Gasteiger partial charge in [-0.2, -0.15) is 10.2 Å². The van der Waals surface area contributed by atoms with E-state index in [-0.39, 0.29) is 11.4 Å². The second-order valence-corrected chi connectivity index (χ2v) is 7.74. The third kappa shape index (κ3) is 3.23. The molecule has 1 fully saturated rings. The number of rotatable bonds is 2. The number of hydrogen-bond acceptors (Lipinski definition) is 5. The molecule has 7 nitrogen and oxygen atoms in total. The summed E-state index contributed by atoms with van der Waals surface area (Å²) >= 11 is 3.38. The standard InChI is InChI=1S/C19H18BrN5O2/c20-12-6-4-11(5-7-12)14-13(10-21)17(26)22-16-15(14)18(27)24-19(23-16)25-8-2-1-3-9-25/h4-7,13-14H,1-3,8-9H2,(H2,22,23,24,26,27). The number of nitriles is 1. The van der Waals surface area contributed by atoms with Crippen molar-refractivity contribution in [2.45, 2.75) is 25.2 Å². The first-order chi connectivity index (χ1) is 13.1. The van der Waals surface area contributed by atoms with Crippen LogP contribution in [-0.2, 0) is 4.79 Å². The number of piperidine rings is 1. The Balaban J connectivity index is 1.84. The zero-order chi connectivity index (χ0) is 19.0. The highest BCUT2D eigenvalue weighted by atomic mass is 79.9. The highest BCUT2D eigenvalue weighted by Gasteiger charge is 2.40. The third-order valence-electron chi connectivity index (χ3n) is 5.13. The van der Waals surface area contributed by atoms with Gasteiger partial charge in [-0.1, -0.05) is 28.1 Å². The Bertz CT molecular complexity index is 973. The largest absolute Gasteiger partial charge is 0.342 e. The lowest BCUT2D eigenvalue weighted by atomic mass is 9.79. The number of amides is 1. The third-order valence-corrected chi connectivity index (χ3v) is 5.66. The second kappa shape index (κ2) is 7.16. The van der Waals surface area contributed by atoms with E-state index in [4.69, 9.17) is 0 Å². The predicted octanol–water partition coefficient (Wildman–Crippen LogP) is 2.75. The van der Waals surface area contributed by atoms with Crippen LogP contribution in [-0.4, -0.2) is 29.0 Å². The molecule has 1 aromatic heterocycles. The topological polar surface area (TPSA) is 102 Å². The SMILES string of the molecule is N#CC1C(=O)Nc2nc(N3CCCCC3)[nH]c(=O)c2C1c1ccc(Br)cc1. The number of halogens is 1. The maximum absolute atomic E-state index is 13.0. The molecule has 2 N–H and O–H groups in total. The van der Waals surface area contributed by atoms with Gasteiger partial charge in [-0.05, 0) is 37.0 Å². The van der Waals surface area contributed by atoms with Crippen molar-refractivity contribution >= 4 is 33.6 Å². The van der Waals surface area contributed by atoms with Crippen molar-refractivity contribution in [1.29, 1.82) is 5.26 Å². The molecule has 1 saturated heterocycles. The molecule has 138 valence electrons. The van der Waals surface area contributed by atoms with Crippen LogP contribution in [0.15, 0.2) is 33.5 Å². The highest BCUT2D eigenvalue weighted by Crippen LogP contribution is 2.38.